The van der Waals surface area contributed by atoms with Crippen LogP contribution in [0.5, 0.6) is 0 Å². The quantitative estimate of drug-likeness (QED) is 0.532. The van der Waals surface area contributed by atoms with Crippen molar-refractivity contribution in [1.29, 1.82) is 0 Å². The van der Waals surface area contributed by atoms with Crippen LogP contribution in [0.1, 0.15) is 74.0 Å². The number of hydrogen-bond acceptors (Lipinski definition) is 4. The maximum atomic E-state index is 12.3. The highest BCUT2D eigenvalue weighted by molar-refractivity contribution is 5.93. The second-order valence-electron chi connectivity index (χ2n) is 6.17. The molecule has 6 heteroatoms. The summed E-state index contributed by atoms with van der Waals surface area (Å²) in [4.78, 5) is 28.1. The van der Waals surface area contributed by atoms with Crippen molar-refractivity contribution >= 4 is 11.8 Å². The highest BCUT2D eigenvalue weighted by atomic mass is 16.5. The van der Waals surface area contributed by atoms with Crippen LogP contribution in [-0.2, 0) is 4.79 Å². The van der Waals surface area contributed by atoms with Crippen LogP contribution >= 0.6 is 0 Å². The summed E-state index contributed by atoms with van der Waals surface area (Å²) < 4.78 is 0. The Balaban J connectivity index is 2.04. The van der Waals surface area contributed by atoms with E-state index in [0.717, 1.165) is 25.7 Å². The van der Waals surface area contributed by atoms with Gasteiger partial charge in [-0.05, 0) is 37.3 Å². The lowest BCUT2D eigenvalue weighted by molar-refractivity contribution is -0.122. The molecule has 2 rings (SSSR count). The lowest BCUT2D eigenvalue weighted by Crippen LogP contribution is -2.30. The first-order chi connectivity index (χ1) is 11.1. The molecular formula is C17H25N3O3. The van der Waals surface area contributed by atoms with Crippen LogP contribution < -0.4 is 10.8 Å². The first-order valence-corrected chi connectivity index (χ1v) is 8.33. The maximum absolute atomic E-state index is 12.3. The van der Waals surface area contributed by atoms with Gasteiger partial charge in [-0.15, -0.1) is 0 Å². The summed E-state index contributed by atoms with van der Waals surface area (Å²) in [7, 11) is 0. The minimum absolute atomic E-state index is 0.0502. The molecule has 2 amide bonds. The standard InChI is InChI=1S/C17H25N3O3/c1-2-5-14(19-16(21)10-12-6-3-4-7-12)15-11-13(8-9-18-15)17(22)20-23/h8-9,11-12,14,23H,2-7,10H2,1H3,(H,19,21)(H,20,22)/t14-/m0/s1. The van der Waals surface area contributed by atoms with Crippen LogP contribution in [0.3, 0.4) is 0 Å². The second-order valence-corrected chi connectivity index (χ2v) is 6.17. The smallest absolute Gasteiger partial charge is 0.274 e. The van der Waals surface area contributed by atoms with E-state index in [2.05, 4.69) is 10.3 Å². The predicted octanol–water partition coefficient (Wildman–Crippen LogP) is 2.74. The molecular weight excluding hydrogens is 294 g/mol. The van der Waals surface area contributed by atoms with E-state index >= 15 is 0 Å². The Labute approximate surface area is 136 Å². The van der Waals surface area contributed by atoms with Gasteiger partial charge >= 0.3 is 0 Å². The van der Waals surface area contributed by atoms with Gasteiger partial charge in [-0.25, -0.2) is 5.48 Å². The van der Waals surface area contributed by atoms with Crippen LogP contribution in [-0.4, -0.2) is 22.0 Å². The normalized spacial score (nSPS) is 16.1. The van der Waals surface area contributed by atoms with Gasteiger partial charge in [0, 0.05) is 18.2 Å². The lowest BCUT2D eigenvalue weighted by atomic mass is 10.0. The van der Waals surface area contributed by atoms with Gasteiger partial charge in [0.15, 0.2) is 0 Å². The van der Waals surface area contributed by atoms with Gasteiger partial charge in [-0.3, -0.25) is 19.8 Å². The Kier molecular flexibility index (Phi) is 6.52. The first kappa shape index (κ1) is 17.4. The van der Waals surface area contributed by atoms with Gasteiger partial charge in [-0.2, -0.15) is 0 Å². The van der Waals surface area contributed by atoms with E-state index in [-0.39, 0.29) is 11.9 Å². The molecule has 0 radical (unpaired) electrons. The van der Waals surface area contributed by atoms with Crippen LogP contribution in [0.2, 0.25) is 0 Å². The molecule has 0 aliphatic heterocycles. The minimum atomic E-state index is -0.582. The Bertz CT molecular complexity index is 542. The van der Waals surface area contributed by atoms with E-state index in [1.807, 2.05) is 6.92 Å². The molecule has 6 nitrogen and oxygen atoms in total. The van der Waals surface area contributed by atoms with Crippen molar-refractivity contribution in [1.82, 2.24) is 15.8 Å². The van der Waals surface area contributed by atoms with Gasteiger partial charge in [0.2, 0.25) is 5.91 Å². The molecule has 23 heavy (non-hydrogen) atoms. The molecule has 1 aliphatic carbocycles. The van der Waals surface area contributed by atoms with Crippen molar-refractivity contribution in [3.05, 3.63) is 29.6 Å². The Morgan fingerprint density at radius 1 is 1.39 bits per heavy atom. The average Bonchev–Trinajstić information content (AvgIpc) is 3.06. The molecule has 0 aromatic carbocycles. The van der Waals surface area contributed by atoms with Crippen molar-refractivity contribution < 1.29 is 14.8 Å². The number of amides is 2. The van der Waals surface area contributed by atoms with E-state index in [4.69, 9.17) is 5.21 Å². The molecule has 0 bridgehead atoms. The van der Waals surface area contributed by atoms with E-state index in [1.165, 1.54) is 25.1 Å². The zero-order valence-electron chi connectivity index (χ0n) is 13.5. The second kappa shape index (κ2) is 8.62. The molecule has 1 atom stereocenters. The lowest BCUT2D eigenvalue weighted by Gasteiger charge is -2.19. The third kappa shape index (κ3) is 5.03. The van der Waals surface area contributed by atoms with Gasteiger partial charge < -0.3 is 5.32 Å². The topological polar surface area (TPSA) is 91.3 Å². The first-order valence-electron chi connectivity index (χ1n) is 8.33. The number of carbonyl (C=O) groups excluding carboxylic acids is 2. The zero-order valence-corrected chi connectivity index (χ0v) is 13.5. The summed E-state index contributed by atoms with van der Waals surface area (Å²) in [5.74, 6) is -0.0351. The minimum Gasteiger partial charge on any atom is -0.348 e. The van der Waals surface area contributed by atoms with Crippen molar-refractivity contribution in [2.45, 2.75) is 57.9 Å². The molecule has 0 unspecified atom stereocenters. The number of pyridine rings is 1. The molecule has 3 N–H and O–H groups in total. The van der Waals surface area contributed by atoms with Crippen LogP contribution in [0, 0.1) is 5.92 Å². The zero-order chi connectivity index (χ0) is 16.7. The number of nitrogens with one attached hydrogen (secondary N) is 2. The van der Waals surface area contributed by atoms with Gasteiger partial charge in [0.25, 0.3) is 5.91 Å². The van der Waals surface area contributed by atoms with Crippen molar-refractivity contribution in [2.24, 2.45) is 5.92 Å². The van der Waals surface area contributed by atoms with Crippen LogP contribution in [0.25, 0.3) is 0 Å². The molecule has 1 aromatic heterocycles. The fraction of sp³-hybridized carbons (Fsp3) is 0.588. The SMILES string of the molecule is CCC[C@H](NC(=O)CC1CCCC1)c1cc(C(=O)NO)ccn1. The summed E-state index contributed by atoms with van der Waals surface area (Å²) in [5, 5.41) is 11.8. The number of carbonyl (C=O) groups is 2. The van der Waals surface area contributed by atoms with Crippen molar-refractivity contribution in [3.63, 3.8) is 0 Å². The highest BCUT2D eigenvalue weighted by Gasteiger charge is 2.21. The molecule has 0 spiro atoms. The van der Waals surface area contributed by atoms with E-state index < -0.39 is 5.91 Å². The van der Waals surface area contributed by atoms with E-state index in [0.29, 0.717) is 23.6 Å². The fourth-order valence-electron chi connectivity index (χ4n) is 3.16. The summed E-state index contributed by atoms with van der Waals surface area (Å²) in [5.41, 5.74) is 2.58. The number of rotatable bonds is 7. The molecule has 1 saturated carbocycles. The monoisotopic (exact) mass is 319 g/mol. The Morgan fingerprint density at radius 2 is 2.13 bits per heavy atom. The summed E-state index contributed by atoms with van der Waals surface area (Å²) in [6.45, 7) is 2.04. The van der Waals surface area contributed by atoms with Crippen molar-refractivity contribution in [3.8, 4) is 0 Å². The largest absolute Gasteiger partial charge is 0.348 e. The number of hydrogen-bond donors (Lipinski definition) is 3. The molecule has 126 valence electrons. The van der Waals surface area contributed by atoms with Gasteiger partial charge in [0.05, 0.1) is 11.7 Å². The number of hydroxylamine groups is 1. The van der Waals surface area contributed by atoms with Gasteiger partial charge in [-0.1, -0.05) is 26.2 Å². The number of aromatic nitrogens is 1. The summed E-state index contributed by atoms with van der Waals surface area (Å²) >= 11 is 0. The average molecular weight is 319 g/mol. The summed E-state index contributed by atoms with van der Waals surface area (Å²) in [6, 6.07) is 2.93. The van der Waals surface area contributed by atoms with E-state index in [9.17, 15) is 9.59 Å². The summed E-state index contributed by atoms with van der Waals surface area (Å²) in [6.07, 6.45) is 8.45. The van der Waals surface area contributed by atoms with Crippen LogP contribution in [0.15, 0.2) is 18.3 Å². The highest BCUT2D eigenvalue weighted by Crippen LogP contribution is 2.28. The van der Waals surface area contributed by atoms with Crippen molar-refractivity contribution in [2.75, 3.05) is 0 Å². The third-order valence-electron chi connectivity index (χ3n) is 4.36. The maximum Gasteiger partial charge on any atom is 0.274 e. The molecule has 1 aliphatic rings. The fourth-order valence-corrected chi connectivity index (χ4v) is 3.16. The Morgan fingerprint density at radius 3 is 2.78 bits per heavy atom. The van der Waals surface area contributed by atoms with E-state index in [1.54, 1.807) is 11.5 Å². The predicted molar refractivity (Wildman–Crippen MR) is 85.9 cm³/mol. The number of nitrogens with zero attached hydrogens (tertiary/aromatic N) is 1. The van der Waals surface area contributed by atoms with Crippen LogP contribution in [0.4, 0.5) is 0 Å². The van der Waals surface area contributed by atoms with Gasteiger partial charge in [0.1, 0.15) is 0 Å². The molecule has 1 fully saturated rings. The molecule has 0 saturated heterocycles. The third-order valence-corrected chi connectivity index (χ3v) is 4.36. The Hall–Kier alpha value is -1.95. The molecule has 1 aromatic rings. The molecule has 1 heterocycles.